The molecule has 0 unspecified atom stereocenters. The number of anilines is 1. The number of nitrogens with zero attached hydrogens (tertiary/aromatic N) is 1. The molecule has 142 valence electrons. The van der Waals surface area contributed by atoms with Crippen LogP contribution in [-0.4, -0.2) is 39.8 Å². The van der Waals surface area contributed by atoms with Crippen LogP contribution in [-0.2, 0) is 14.8 Å². The largest absolute Gasteiger partial charge is 0.497 e. The topological polar surface area (TPSA) is 75.7 Å². The molecule has 0 aliphatic rings. The van der Waals surface area contributed by atoms with Gasteiger partial charge in [0.1, 0.15) is 12.3 Å². The molecular formula is C18H30N2O4S. The molecule has 0 saturated heterocycles. The van der Waals surface area contributed by atoms with Crippen molar-refractivity contribution in [3.63, 3.8) is 0 Å². The van der Waals surface area contributed by atoms with Crippen molar-refractivity contribution in [3.05, 3.63) is 24.3 Å². The second kappa shape index (κ2) is 7.64. The molecule has 1 aromatic carbocycles. The standard InChI is InChI=1S/C18H30N2O4S/c1-17(2,3)13-18(4,5)19-16(21)12-20(25(7,22)23)14-9-8-10-15(11-14)24-6/h8-11H,12-13H2,1-7H3,(H,19,21). The number of methoxy groups -OCH3 is 1. The molecule has 6 nitrogen and oxygen atoms in total. The Kier molecular flexibility index (Phi) is 6.50. The highest BCUT2D eigenvalue weighted by atomic mass is 32.2. The fourth-order valence-electron chi connectivity index (χ4n) is 3.08. The van der Waals surface area contributed by atoms with Gasteiger partial charge in [-0.1, -0.05) is 26.8 Å². The third-order valence-corrected chi connectivity index (χ3v) is 4.62. The van der Waals surface area contributed by atoms with Gasteiger partial charge in [-0.05, 0) is 37.8 Å². The zero-order valence-corrected chi connectivity index (χ0v) is 17.0. The lowest BCUT2D eigenvalue weighted by Crippen LogP contribution is -2.50. The third-order valence-electron chi connectivity index (χ3n) is 3.48. The molecule has 1 amide bonds. The minimum atomic E-state index is -3.61. The number of carbonyl (C=O) groups excluding carboxylic acids is 1. The SMILES string of the molecule is COc1cccc(N(CC(=O)NC(C)(C)CC(C)(C)C)S(C)(=O)=O)c1. The number of benzene rings is 1. The maximum atomic E-state index is 12.5. The van der Waals surface area contributed by atoms with Crippen LogP contribution in [0, 0.1) is 5.41 Å². The van der Waals surface area contributed by atoms with E-state index >= 15 is 0 Å². The average Bonchev–Trinajstić information content (AvgIpc) is 2.40. The van der Waals surface area contributed by atoms with Crippen LogP contribution in [0.4, 0.5) is 5.69 Å². The Morgan fingerprint density at radius 1 is 1.20 bits per heavy atom. The first-order valence-corrected chi connectivity index (χ1v) is 10.0. The predicted octanol–water partition coefficient (Wildman–Crippen LogP) is 2.79. The molecule has 7 heteroatoms. The number of ether oxygens (including phenoxy) is 1. The molecule has 25 heavy (non-hydrogen) atoms. The molecule has 0 aliphatic heterocycles. The van der Waals surface area contributed by atoms with E-state index in [0.29, 0.717) is 11.4 Å². The summed E-state index contributed by atoms with van der Waals surface area (Å²) in [5, 5.41) is 2.94. The van der Waals surface area contributed by atoms with Crippen LogP contribution < -0.4 is 14.4 Å². The number of nitrogens with one attached hydrogen (secondary N) is 1. The molecule has 0 radical (unpaired) electrons. The molecule has 0 fully saturated rings. The third kappa shape index (κ3) is 7.34. The molecule has 1 aromatic rings. The van der Waals surface area contributed by atoms with E-state index in [1.54, 1.807) is 24.3 Å². The van der Waals surface area contributed by atoms with E-state index in [1.165, 1.54) is 7.11 Å². The van der Waals surface area contributed by atoms with Gasteiger partial charge >= 0.3 is 0 Å². The van der Waals surface area contributed by atoms with E-state index in [9.17, 15) is 13.2 Å². The van der Waals surface area contributed by atoms with Gasteiger partial charge in [0, 0.05) is 11.6 Å². The van der Waals surface area contributed by atoms with E-state index in [4.69, 9.17) is 4.74 Å². The number of hydrogen-bond acceptors (Lipinski definition) is 4. The smallest absolute Gasteiger partial charge is 0.241 e. The van der Waals surface area contributed by atoms with Crippen molar-refractivity contribution in [2.75, 3.05) is 24.2 Å². The summed E-state index contributed by atoms with van der Waals surface area (Å²) in [4.78, 5) is 12.5. The van der Waals surface area contributed by atoms with Gasteiger partial charge in [-0.25, -0.2) is 8.42 Å². The zero-order valence-electron chi connectivity index (χ0n) is 16.2. The second-order valence-corrected chi connectivity index (χ2v) is 10.0. The first-order valence-electron chi connectivity index (χ1n) is 8.16. The van der Waals surface area contributed by atoms with Crippen molar-refractivity contribution in [2.24, 2.45) is 5.41 Å². The summed E-state index contributed by atoms with van der Waals surface area (Å²) in [6.07, 6.45) is 1.85. The average molecular weight is 371 g/mol. The van der Waals surface area contributed by atoms with Crippen LogP contribution in [0.3, 0.4) is 0 Å². The van der Waals surface area contributed by atoms with Gasteiger partial charge in [-0.2, -0.15) is 0 Å². The highest BCUT2D eigenvalue weighted by molar-refractivity contribution is 7.92. The Hall–Kier alpha value is -1.76. The van der Waals surface area contributed by atoms with E-state index in [1.807, 2.05) is 13.8 Å². The summed E-state index contributed by atoms with van der Waals surface area (Å²) in [5.74, 6) is 0.183. The van der Waals surface area contributed by atoms with Gasteiger partial charge < -0.3 is 10.1 Å². The quantitative estimate of drug-likeness (QED) is 0.801. The summed E-state index contributed by atoms with van der Waals surface area (Å²) in [7, 11) is -2.11. The van der Waals surface area contributed by atoms with Crippen molar-refractivity contribution in [1.29, 1.82) is 0 Å². The van der Waals surface area contributed by atoms with Crippen molar-refractivity contribution >= 4 is 21.6 Å². The lowest BCUT2D eigenvalue weighted by Gasteiger charge is -2.34. The summed E-state index contributed by atoms with van der Waals surface area (Å²) in [6, 6.07) is 6.63. The molecule has 0 spiro atoms. The highest BCUT2D eigenvalue weighted by Crippen LogP contribution is 2.27. The van der Waals surface area contributed by atoms with Crippen LogP contribution in [0.1, 0.15) is 41.0 Å². The van der Waals surface area contributed by atoms with Crippen LogP contribution in [0.2, 0.25) is 0 Å². The summed E-state index contributed by atoms with van der Waals surface area (Å²) < 4.78 is 30.6. The van der Waals surface area contributed by atoms with Gasteiger partial charge in [0.2, 0.25) is 15.9 Å². The minimum absolute atomic E-state index is 0.0418. The summed E-state index contributed by atoms with van der Waals surface area (Å²) in [5.41, 5.74) is -0.00175. The van der Waals surface area contributed by atoms with Crippen LogP contribution in [0.15, 0.2) is 24.3 Å². The molecule has 1 N–H and O–H groups in total. The molecule has 0 aromatic heterocycles. The lowest BCUT2D eigenvalue weighted by molar-refractivity contribution is -0.121. The van der Waals surface area contributed by atoms with E-state index in [-0.39, 0.29) is 17.9 Å². The number of rotatable bonds is 7. The Balaban J connectivity index is 2.98. The summed E-state index contributed by atoms with van der Waals surface area (Å²) in [6.45, 7) is 9.89. The Labute approximate surface area is 151 Å². The highest BCUT2D eigenvalue weighted by Gasteiger charge is 2.29. The van der Waals surface area contributed by atoms with E-state index in [2.05, 4.69) is 26.1 Å². The van der Waals surface area contributed by atoms with Gasteiger partial charge in [-0.15, -0.1) is 0 Å². The van der Waals surface area contributed by atoms with Gasteiger partial charge in [0.15, 0.2) is 0 Å². The second-order valence-electron chi connectivity index (χ2n) is 8.14. The minimum Gasteiger partial charge on any atom is -0.497 e. The number of sulfonamides is 1. The fraction of sp³-hybridized carbons (Fsp3) is 0.611. The van der Waals surface area contributed by atoms with Gasteiger partial charge in [0.05, 0.1) is 19.1 Å². The zero-order chi connectivity index (χ0) is 19.5. The van der Waals surface area contributed by atoms with Crippen molar-refractivity contribution < 1.29 is 17.9 Å². The van der Waals surface area contributed by atoms with Gasteiger partial charge in [-0.3, -0.25) is 9.10 Å². The van der Waals surface area contributed by atoms with Crippen LogP contribution in [0.5, 0.6) is 5.75 Å². The Bertz CT molecular complexity index is 706. The first-order chi connectivity index (χ1) is 11.2. The molecule has 0 atom stereocenters. The normalized spacial score (nSPS) is 12.6. The fourth-order valence-corrected chi connectivity index (χ4v) is 3.93. The number of amides is 1. The van der Waals surface area contributed by atoms with Crippen LogP contribution >= 0.6 is 0 Å². The Morgan fingerprint density at radius 3 is 2.28 bits per heavy atom. The van der Waals surface area contributed by atoms with Crippen molar-refractivity contribution in [3.8, 4) is 5.75 Å². The van der Waals surface area contributed by atoms with Crippen molar-refractivity contribution in [1.82, 2.24) is 5.32 Å². The maximum absolute atomic E-state index is 12.5. The lowest BCUT2D eigenvalue weighted by atomic mass is 9.82. The molecular weight excluding hydrogens is 340 g/mol. The molecule has 0 aliphatic carbocycles. The van der Waals surface area contributed by atoms with Gasteiger partial charge in [0.25, 0.3) is 0 Å². The molecule has 0 bridgehead atoms. The maximum Gasteiger partial charge on any atom is 0.241 e. The van der Waals surface area contributed by atoms with E-state index in [0.717, 1.165) is 17.0 Å². The predicted molar refractivity (Wildman–Crippen MR) is 101 cm³/mol. The van der Waals surface area contributed by atoms with Crippen molar-refractivity contribution in [2.45, 2.75) is 46.6 Å². The Morgan fingerprint density at radius 2 is 1.80 bits per heavy atom. The molecule has 0 heterocycles. The molecule has 1 rings (SSSR count). The number of carbonyl (C=O) groups is 1. The number of hydrogen-bond donors (Lipinski definition) is 1. The first kappa shape index (κ1) is 21.3. The molecule has 0 saturated carbocycles. The summed E-state index contributed by atoms with van der Waals surface area (Å²) >= 11 is 0. The van der Waals surface area contributed by atoms with Crippen LogP contribution in [0.25, 0.3) is 0 Å². The van der Waals surface area contributed by atoms with E-state index < -0.39 is 15.6 Å². The monoisotopic (exact) mass is 370 g/mol.